The van der Waals surface area contributed by atoms with Gasteiger partial charge in [-0.3, -0.25) is 4.79 Å². The fourth-order valence-corrected chi connectivity index (χ4v) is 2.87. The Labute approximate surface area is 121 Å². The Morgan fingerprint density at radius 1 is 1.33 bits per heavy atom. The van der Waals surface area contributed by atoms with Crippen LogP contribution in [0.25, 0.3) is 0 Å². The van der Waals surface area contributed by atoms with Crippen LogP contribution in [0.1, 0.15) is 0 Å². The van der Waals surface area contributed by atoms with Crippen LogP contribution in [0.15, 0.2) is 12.1 Å². The Balaban J connectivity index is 0.00000120. The monoisotopic (exact) mass is 307 g/mol. The summed E-state index contributed by atoms with van der Waals surface area (Å²) in [7, 11) is 0. The average Bonchev–Trinajstić information content (AvgIpc) is 2.31. The van der Waals surface area contributed by atoms with E-state index in [1.165, 1.54) is 0 Å². The summed E-state index contributed by atoms with van der Waals surface area (Å²) in [6.45, 7) is 2.28. The van der Waals surface area contributed by atoms with Crippen LogP contribution in [0, 0.1) is 0 Å². The zero-order chi connectivity index (χ0) is 12.0. The van der Waals surface area contributed by atoms with Crippen molar-refractivity contribution in [2.45, 2.75) is 6.04 Å². The summed E-state index contributed by atoms with van der Waals surface area (Å²) in [4.78, 5) is 14.0. The predicted octanol–water partition coefficient (Wildman–Crippen LogP) is 2.15. The van der Waals surface area contributed by atoms with E-state index < -0.39 is 0 Å². The molecule has 1 aromatic carbocycles. The molecule has 2 aliphatic heterocycles. The van der Waals surface area contributed by atoms with Crippen molar-refractivity contribution in [3.8, 4) is 0 Å². The van der Waals surface area contributed by atoms with E-state index in [1.807, 2.05) is 6.07 Å². The molecule has 0 radical (unpaired) electrons. The van der Waals surface area contributed by atoms with Crippen molar-refractivity contribution in [2.75, 3.05) is 29.9 Å². The number of amides is 1. The Morgan fingerprint density at radius 2 is 2.11 bits per heavy atom. The molecule has 0 spiro atoms. The molecule has 1 aromatic rings. The van der Waals surface area contributed by atoms with Gasteiger partial charge in [0.05, 0.1) is 16.4 Å². The Bertz CT molecular complexity index is 495. The molecule has 1 fully saturated rings. The van der Waals surface area contributed by atoms with Gasteiger partial charge < -0.3 is 15.5 Å². The van der Waals surface area contributed by atoms with E-state index in [-0.39, 0.29) is 24.4 Å². The molecule has 2 heterocycles. The zero-order valence-corrected chi connectivity index (χ0v) is 11.7. The number of rotatable bonds is 0. The highest BCUT2D eigenvalue weighted by molar-refractivity contribution is 6.38. The molecule has 2 aliphatic rings. The van der Waals surface area contributed by atoms with Gasteiger partial charge in [-0.15, -0.1) is 12.4 Å². The van der Waals surface area contributed by atoms with Crippen LogP contribution in [-0.4, -0.2) is 31.6 Å². The van der Waals surface area contributed by atoms with E-state index in [4.69, 9.17) is 23.2 Å². The SMILES string of the molecule is Cl.O=C1Nc2c(Cl)cc(Cl)cc2N2CCNCC12. The molecule has 1 amide bonds. The summed E-state index contributed by atoms with van der Waals surface area (Å²) in [5.74, 6) is -0.0195. The third-order valence-electron chi connectivity index (χ3n) is 3.14. The molecule has 18 heavy (non-hydrogen) atoms. The van der Waals surface area contributed by atoms with Crippen molar-refractivity contribution in [1.29, 1.82) is 0 Å². The number of benzene rings is 1. The second kappa shape index (κ2) is 5.13. The minimum Gasteiger partial charge on any atom is -0.355 e. The number of nitrogens with one attached hydrogen (secondary N) is 2. The normalized spacial score (nSPS) is 21.6. The van der Waals surface area contributed by atoms with Gasteiger partial charge in [-0.25, -0.2) is 0 Å². The Morgan fingerprint density at radius 3 is 2.89 bits per heavy atom. The lowest BCUT2D eigenvalue weighted by Crippen LogP contribution is -2.58. The van der Waals surface area contributed by atoms with Gasteiger partial charge in [0.2, 0.25) is 5.91 Å². The van der Waals surface area contributed by atoms with Crippen LogP contribution >= 0.6 is 35.6 Å². The third-order valence-corrected chi connectivity index (χ3v) is 3.65. The first-order valence-corrected chi connectivity index (χ1v) is 6.19. The van der Waals surface area contributed by atoms with Gasteiger partial charge in [0, 0.05) is 24.7 Å². The number of fused-ring (bicyclic) bond motifs is 3. The second-order valence-corrected chi connectivity index (χ2v) is 5.03. The van der Waals surface area contributed by atoms with E-state index in [1.54, 1.807) is 6.07 Å². The van der Waals surface area contributed by atoms with Gasteiger partial charge in [-0.2, -0.15) is 0 Å². The standard InChI is InChI=1S/C11H11Cl2N3O.ClH/c12-6-3-7(13)10-8(4-6)16-2-1-14-5-9(16)11(17)15-10;/h3-4,9,14H,1-2,5H2,(H,15,17);1H. The predicted molar refractivity (Wildman–Crippen MR) is 76.3 cm³/mol. The quantitative estimate of drug-likeness (QED) is 0.772. The van der Waals surface area contributed by atoms with Gasteiger partial charge in [0.15, 0.2) is 0 Å². The molecule has 2 N–H and O–H groups in total. The summed E-state index contributed by atoms with van der Waals surface area (Å²) in [5, 5.41) is 7.12. The van der Waals surface area contributed by atoms with Crippen molar-refractivity contribution >= 4 is 52.9 Å². The molecule has 0 bridgehead atoms. The molecular formula is C11H12Cl3N3O. The first-order chi connectivity index (χ1) is 8.16. The Hall–Kier alpha value is -0.680. The molecule has 0 saturated carbocycles. The van der Waals surface area contributed by atoms with Crippen molar-refractivity contribution in [3.63, 3.8) is 0 Å². The molecule has 0 aliphatic carbocycles. The van der Waals surface area contributed by atoms with Crippen LogP contribution in [-0.2, 0) is 4.79 Å². The number of hydrogen-bond donors (Lipinski definition) is 2. The van der Waals surface area contributed by atoms with Gasteiger partial charge in [-0.05, 0) is 12.1 Å². The van der Waals surface area contributed by atoms with E-state index in [2.05, 4.69) is 15.5 Å². The number of carbonyl (C=O) groups excluding carboxylic acids is 1. The summed E-state index contributed by atoms with van der Waals surface area (Å²) >= 11 is 12.1. The largest absolute Gasteiger partial charge is 0.355 e. The number of halogens is 3. The molecular weight excluding hydrogens is 297 g/mol. The zero-order valence-electron chi connectivity index (χ0n) is 9.37. The number of anilines is 2. The molecule has 1 unspecified atom stereocenters. The molecule has 98 valence electrons. The van der Waals surface area contributed by atoms with Crippen molar-refractivity contribution in [2.24, 2.45) is 0 Å². The Kier molecular flexibility index (Phi) is 3.92. The van der Waals surface area contributed by atoms with E-state index in [0.29, 0.717) is 22.3 Å². The minimum atomic E-state index is -0.175. The molecule has 1 saturated heterocycles. The fraction of sp³-hybridized carbons (Fsp3) is 0.364. The highest BCUT2D eigenvalue weighted by atomic mass is 35.5. The van der Waals surface area contributed by atoms with Crippen LogP contribution in [0.5, 0.6) is 0 Å². The summed E-state index contributed by atoms with van der Waals surface area (Å²) < 4.78 is 0. The number of hydrogen-bond acceptors (Lipinski definition) is 3. The van der Waals surface area contributed by atoms with Crippen LogP contribution in [0.3, 0.4) is 0 Å². The number of nitrogens with zero attached hydrogens (tertiary/aromatic N) is 1. The maximum atomic E-state index is 11.9. The first kappa shape index (κ1) is 13.7. The summed E-state index contributed by atoms with van der Waals surface area (Å²) in [6.07, 6.45) is 0. The average molecular weight is 309 g/mol. The van der Waals surface area contributed by atoms with E-state index in [9.17, 15) is 4.79 Å². The lowest BCUT2D eigenvalue weighted by Gasteiger charge is -2.41. The number of piperazine rings is 1. The van der Waals surface area contributed by atoms with E-state index in [0.717, 1.165) is 18.8 Å². The maximum Gasteiger partial charge on any atom is 0.248 e. The molecule has 4 nitrogen and oxygen atoms in total. The third kappa shape index (κ3) is 2.14. The summed E-state index contributed by atoms with van der Waals surface area (Å²) in [5.41, 5.74) is 1.58. The maximum absolute atomic E-state index is 11.9. The second-order valence-electron chi connectivity index (χ2n) is 4.18. The molecule has 3 rings (SSSR count). The molecule has 7 heteroatoms. The molecule has 0 aromatic heterocycles. The lowest BCUT2D eigenvalue weighted by atomic mass is 10.1. The van der Waals surface area contributed by atoms with Gasteiger partial charge >= 0.3 is 0 Å². The highest BCUT2D eigenvalue weighted by Crippen LogP contribution is 2.40. The van der Waals surface area contributed by atoms with E-state index >= 15 is 0 Å². The van der Waals surface area contributed by atoms with Crippen molar-refractivity contribution in [1.82, 2.24) is 5.32 Å². The number of carbonyl (C=O) groups is 1. The smallest absolute Gasteiger partial charge is 0.248 e. The topological polar surface area (TPSA) is 44.4 Å². The first-order valence-electron chi connectivity index (χ1n) is 5.44. The van der Waals surface area contributed by atoms with Crippen molar-refractivity contribution < 1.29 is 4.79 Å². The lowest BCUT2D eigenvalue weighted by molar-refractivity contribution is -0.117. The van der Waals surface area contributed by atoms with Gasteiger partial charge in [0.25, 0.3) is 0 Å². The van der Waals surface area contributed by atoms with Crippen LogP contribution < -0.4 is 15.5 Å². The highest BCUT2D eigenvalue weighted by Gasteiger charge is 2.35. The van der Waals surface area contributed by atoms with Crippen LogP contribution in [0.2, 0.25) is 10.0 Å². The molecule has 1 atom stereocenters. The van der Waals surface area contributed by atoms with Gasteiger partial charge in [-0.1, -0.05) is 23.2 Å². The van der Waals surface area contributed by atoms with Gasteiger partial charge in [0.1, 0.15) is 6.04 Å². The van der Waals surface area contributed by atoms with Crippen LogP contribution in [0.4, 0.5) is 11.4 Å². The minimum absolute atomic E-state index is 0. The fourth-order valence-electron chi connectivity index (χ4n) is 2.34. The summed E-state index contributed by atoms with van der Waals surface area (Å²) in [6, 6.07) is 3.32. The van der Waals surface area contributed by atoms with Crippen molar-refractivity contribution in [3.05, 3.63) is 22.2 Å².